The summed E-state index contributed by atoms with van der Waals surface area (Å²) in [5.41, 5.74) is 5.29. The Morgan fingerprint density at radius 2 is 1.36 bits per heavy atom. The molecule has 184 valence electrons. The maximum atomic E-state index is 13.0. The Balaban J connectivity index is 1.09. The third-order valence-corrected chi connectivity index (χ3v) is 7.77. The van der Waals surface area contributed by atoms with E-state index < -0.39 is 0 Å². The van der Waals surface area contributed by atoms with Crippen LogP contribution in [-0.2, 0) is 0 Å². The van der Waals surface area contributed by atoms with Gasteiger partial charge in [-0.05, 0) is 72.9 Å². The molecular formula is C29H31N5O2. The smallest absolute Gasteiger partial charge is 0.366 e. The predicted molar refractivity (Wildman–Crippen MR) is 142 cm³/mol. The minimum Gasteiger partial charge on any atom is -0.691 e. The van der Waals surface area contributed by atoms with Crippen molar-refractivity contribution in [3.8, 4) is 0 Å². The van der Waals surface area contributed by atoms with Crippen LogP contribution in [0.5, 0.6) is 0 Å². The molecule has 7 nitrogen and oxygen atoms in total. The van der Waals surface area contributed by atoms with Crippen LogP contribution in [0.15, 0.2) is 72.8 Å². The first-order valence-electron chi connectivity index (χ1n) is 13.0. The molecule has 0 unspecified atom stereocenters. The third-order valence-electron chi connectivity index (χ3n) is 7.77. The van der Waals surface area contributed by atoms with E-state index in [0.717, 1.165) is 37.8 Å². The topological polar surface area (TPSA) is 68.3 Å². The lowest BCUT2D eigenvalue weighted by Crippen LogP contribution is -2.46. The molecule has 36 heavy (non-hydrogen) atoms. The molecule has 0 amide bonds. The number of hydrogen-bond acceptors (Lipinski definition) is 5. The highest BCUT2D eigenvalue weighted by molar-refractivity contribution is 5.99. The number of piperazine rings is 1. The van der Waals surface area contributed by atoms with E-state index in [4.69, 9.17) is 0 Å². The standard InChI is InChI=1S/C29H31N5O2/c35-29(33-27-8-4-5-9-28(27)34(36)30-33)24-12-16-26(17-13-24)32-20-18-31(19-21-32)25-14-10-23(11-15-25)22-6-2-1-3-7-22/h4-5,8-17,22H,1-3,6-7,18-21H2. The van der Waals surface area contributed by atoms with Crippen LogP contribution in [0.2, 0.25) is 0 Å². The maximum Gasteiger partial charge on any atom is 0.366 e. The number of nitrogens with zero attached hydrogens (tertiary/aromatic N) is 5. The molecule has 6 rings (SSSR count). The molecule has 4 aromatic rings. The van der Waals surface area contributed by atoms with Gasteiger partial charge in [0.15, 0.2) is 0 Å². The minimum absolute atomic E-state index is 0.311. The summed E-state index contributed by atoms with van der Waals surface area (Å²) in [6.07, 6.45) is 6.79. The van der Waals surface area contributed by atoms with Gasteiger partial charge in [-0.1, -0.05) is 48.2 Å². The van der Waals surface area contributed by atoms with Gasteiger partial charge in [0.2, 0.25) is 11.0 Å². The summed E-state index contributed by atoms with van der Waals surface area (Å²) in [4.78, 5) is 18.3. The van der Waals surface area contributed by atoms with E-state index >= 15 is 0 Å². The minimum atomic E-state index is -0.311. The van der Waals surface area contributed by atoms with E-state index in [2.05, 4.69) is 39.3 Å². The Morgan fingerprint density at radius 1 is 0.778 bits per heavy atom. The van der Waals surface area contributed by atoms with Crippen molar-refractivity contribution < 1.29 is 9.64 Å². The molecule has 0 atom stereocenters. The molecule has 1 aliphatic heterocycles. The summed E-state index contributed by atoms with van der Waals surface area (Å²) >= 11 is 0. The van der Waals surface area contributed by atoms with Gasteiger partial charge in [-0.2, -0.15) is 0 Å². The number of rotatable bonds is 4. The van der Waals surface area contributed by atoms with Gasteiger partial charge in [0.1, 0.15) is 5.21 Å². The van der Waals surface area contributed by atoms with E-state index in [0.29, 0.717) is 21.4 Å². The first-order valence-corrected chi connectivity index (χ1v) is 13.0. The summed E-state index contributed by atoms with van der Waals surface area (Å²) in [5, 5.41) is 15.9. The lowest BCUT2D eigenvalue weighted by molar-refractivity contribution is -0.645. The summed E-state index contributed by atoms with van der Waals surface area (Å²) in [6, 6.07) is 23.8. The fraction of sp³-hybridized carbons (Fsp3) is 0.345. The highest BCUT2D eigenvalue weighted by Crippen LogP contribution is 2.33. The van der Waals surface area contributed by atoms with Gasteiger partial charge in [-0.25, -0.2) is 4.79 Å². The molecule has 1 aromatic heterocycles. The number of hydrogen-bond donors (Lipinski definition) is 0. The van der Waals surface area contributed by atoms with Crippen LogP contribution in [0.1, 0.15) is 53.9 Å². The van der Waals surface area contributed by atoms with Gasteiger partial charge in [-0.3, -0.25) is 0 Å². The summed E-state index contributed by atoms with van der Waals surface area (Å²) in [6.45, 7) is 3.79. The Bertz CT molecular complexity index is 1350. The largest absolute Gasteiger partial charge is 0.691 e. The van der Waals surface area contributed by atoms with E-state index in [1.54, 1.807) is 24.3 Å². The molecule has 2 heterocycles. The third kappa shape index (κ3) is 4.30. The van der Waals surface area contributed by atoms with E-state index in [-0.39, 0.29) is 5.91 Å². The number of anilines is 2. The first-order chi connectivity index (χ1) is 17.7. The van der Waals surface area contributed by atoms with Crippen molar-refractivity contribution in [2.24, 2.45) is 0 Å². The highest BCUT2D eigenvalue weighted by Gasteiger charge is 2.24. The van der Waals surface area contributed by atoms with Crippen molar-refractivity contribution >= 4 is 28.3 Å². The second-order valence-corrected chi connectivity index (χ2v) is 9.92. The zero-order valence-electron chi connectivity index (χ0n) is 20.4. The molecule has 1 saturated carbocycles. The van der Waals surface area contributed by atoms with Gasteiger partial charge in [0, 0.05) is 37.6 Å². The Labute approximate surface area is 211 Å². The van der Waals surface area contributed by atoms with Crippen molar-refractivity contribution in [3.05, 3.63) is 89.1 Å². The normalized spacial score (nSPS) is 17.0. The van der Waals surface area contributed by atoms with Crippen LogP contribution < -0.4 is 14.6 Å². The van der Waals surface area contributed by atoms with Crippen molar-refractivity contribution in [2.75, 3.05) is 36.0 Å². The first kappa shape index (κ1) is 22.6. The van der Waals surface area contributed by atoms with Crippen LogP contribution in [0, 0.1) is 5.21 Å². The molecule has 1 aliphatic carbocycles. The van der Waals surface area contributed by atoms with Gasteiger partial charge < -0.3 is 15.0 Å². The molecule has 0 bridgehead atoms. The quantitative estimate of drug-likeness (QED) is 0.311. The van der Waals surface area contributed by atoms with E-state index in [1.807, 2.05) is 24.3 Å². The van der Waals surface area contributed by atoms with E-state index in [1.165, 1.54) is 48.0 Å². The lowest BCUT2D eigenvalue weighted by Gasteiger charge is -2.37. The number of fused-ring (bicyclic) bond motifs is 1. The van der Waals surface area contributed by atoms with Crippen molar-refractivity contribution in [2.45, 2.75) is 38.0 Å². The van der Waals surface area contributed by atoms with Crippen molar-refractivity contribution in [3.63, 3.8) is 0 Å². The van der Waals surface area contributed by atoms with Crippen molar-refractivity contribution in [1.82, 2.24) is 9.90 Å². The van der Waals surface area contributed by atoms with Crippen LogP contribution >= 0.6 is 0 Å². The summed E-state index contributed by atoms with van der Waals surface area (Å²) < 4.78 is 1.18. The summed E-state index contributed by atoms with van der Waals surface area (Å²) in [5.74, 6) is 0.432. The van der Waals surface area contributed by atoms with Crippen LogP contribution in [-0.4, -0.2) is 42.0 Å². The lowest BCUT2D eigenvalue weighted by atomic mass is 9.84. The van der Waals surface area contributed by atoms with Gasteiger partial charge >= 0.3 is 5.91 Å². The van der Waals surface area contributed by atoms with Crippen LogP contribution in [0.25, 0.3) is 11.0 Å². The summed E-state index contributed by atoms with van der Waals surface area (Å²) in [7, 11) is 0. The van der Waals surface area contributed by atoms with Crippen molar-refractivity contribution in [1.29, 1.82) is 0 Å². The fourth-order valence-electron chi connectivity index (χ4n) is 5.69. The Hall–Kier alpha value is -3.87. The molecule has 0 spiro atoms. The highest BCUT2D eigenvalue weighted by atomic mass is 16.5. The predicted octanol–water partition coefficient (Wildman–Crippen LogP) is 4.73. The fourth-order valence-corrected chi connectivity index (χ4v) is 5.69. The van der Waals surface area contributed by atoms with Crippen LogP contribution in [0.3, 0.4) is 0 Å². The molecule has 0 radical (unpaired) electrons. The van der Waals surface area contributed by atoms with E-state index in [9.17, 15) is 10.0 Å². The average molecular weight is 482 g/mol. The SMILES string of the molecule is O=C(c1ccc(N2CCN(c3ccc(C4CCCCC4)cc3)CC2)cc1)n1n[n+]([O-])c2ccccc21. The molecule has 3 aromatic carbocycles. The second-order valence-electron chi connectivity index (χ2n) is 9.92. The number of benzene rings is 3. The maximum absolute atomic E-state index is 13.0. The zero-order valence-corrected chi connectivity index (χ0v) is 20.4. The van der Waals surface area contributed by atoms with Gasteiger partial charge in [0.05, 0.1) is 5.56 Å². The Morgan fingerprint density at radius 3 is 2.00 bits per heavy atom. The van der Waals surface area contributed by atoms with Crippen LogP contribution in [0.4, 0.5) is 11.4 Å². The van der Waals surface area contributed by atoms with Gasteiger partial charge in [0.25, 0.3) is 0 Å². The molecule has 0 N–H and O–H groups in total. The number of carbonyl (C=O) groups is 1. The molecule has 2 aliphatic rings. The number of carbonyl (C=O) groups excluding carboxylic acids is 1. The second kappa shape index (κ2) is 9.64. The molecule has 1 saturated heterocycles. The number of aromatic nitrogens is 3. The van der Waals surface area contributed by atoms with Gasteiger partial charge in [-0.15, -0.1) is 4.85 Å². The molecular weight excluding hydrogens is 450 g/mol. The average Bonchev–Trinajstić information content (AvgIpc) is 3.30. The monoisotopic (exact) mass is 481 g/mol. The zero-order chi connectivity index (χ0) is 24.5. The Kier molecular flexibility index (Phi) is 6.05. The number of para-hydroxylation sites is 2. The molecule has 7 heteroatoms. The molecule has 2 fully saturated rings.